The average molecular weight is 305 g/mol. The van der Waals surface area contributed by atoms with Gasteiger partial charge in [-0.25, -0.2) is 21.9 Å². The molecule has 10 heteroatoms. The van der Waals surface area contributed by atoms with Crippen LogP contribution in [0, 0.1) is 0 Å². The highest BCUT2D eigenvalue weighted by Crippen LogP contribution is 2.08. The summed E-state index contributed by atoms with van der Waals surface area (Å²) >= 11 is 0. The molecule has 1 rings (SSSR count). The van der Waals surface area contributed by atoms with E-state index in [-0.39, 0.29) is 23.8 Å². The molecule has 1 heterocycles. The zero-order valence-corrected chi connectivity index (χ0v) is 11.1. The van der Waals surface area contributed by atoms with E-state index in [0.717, 1.165) is 17.1 Å². The molecule has 0 aromatic carbocycles. The van der Waals surface area contributed by atoms with E-state index < -0.39 is 23.0 Å². The van der Waals surface area contributed by atoms with Gasteiger partial charge in [-0.2, -0.15) is 5.10 Å². The van der Waals surface area contributed by atoms with E-state index in [2.05, 4.69) is 9.82 Å². The minimum absolute atomic E-state index is 0. The van der Waals surface area contributed by atoms with Gasteiger partial charge in [0.15, 0.2) is 0 Å². The second kappa shape index (κ2) is 7.62. The number of sulfonamides is 1. The van der Waals surface area contributed by atoms with Crippen LogP contribution in [0.2, 0.25) is 0 Å². The lowest BCUT2D eigenvalue weighted by Gasteiger charge is -2.03. The van der Waals surface area contributed by atoms with Crippen molar-refractivity contribution in [2.75, 3.05) is 13.1 Å². The molecule has 1 aromatic rings. The summed E-state index contributed by atoms with van der Waals surface area (Å²) in [7, 11) is -3.68. The van der Waals surface area contributed by atoms with Crippen LogP contribution in [0.15, 0.2) is 17.3 Å². The number of halogens is 3. The third-order valence-electron chi connectivity index (χ3n) is 1.92. The van der Waals surface area contributed by atoms with Gasteiger partial charge in [-0.3, -0.25) is 4.68 Å². The summed E-state index contributed by atoms with van der Waals surface area (Å²) < 4.78 is 50.5. The first-order valence-corrected chi connectivity index (χ1v) is 6.44. The highest BCUT2D eigenvalue weighted by molar-refractivity contribution is 7.89. The average Bonchev–Trinajstić information content (AvgIpc) is 2.66. The quantitative estimate of drug-likeness (QED) is 0.704. The molecule has 0 bridgehead atoms. The number of hydrogen-bond donors (Lipinski definition) is 2. The van der Waals surface area contributed by atoms with Gasteiger partial charge in [-0.05, 0) is 13.0 Å². The zero-order chi connectivity index (χ0) is 12.9. The lowest BCUT2D eigenvalue weighted by molar-refractivity contribution is 0.121. The molecule has 0 saturated heterocycles. The van der Waals surface area contributed by atoms with E-state index in [0.29, 0.717) is 13.0 Å². The van der Waals surface area contributed by atoms with E-state index in [4.69, 9.17) is 5.73 Å². The molecular formula is C8H15ClF2N4O2S. The van der Waals surface area contributed by atoms with Gasteiger partial charge in [0.1, 0.15) is 11.4 Å². The highest BCUT2D eigenvalue weighted by Gasteiger charge is 2.16. The summed E-state index contributed by atoms with van der Waals surface area (Å²) in [6.07, 6.45) is 0.0322. The molecule has 0 aliphatic carbocycles. The number of rotatable bonds is 7. The van der Waals surface area contributed by atoms with E-state index in [1.165, 1.54) is 0 Å². The molecule has 0 fully saturated rings. The normalized spacial score (nSPS) is 11.6. The molecule has 1 aromatic heterocycles. The van der Waals surface area contributed by atoms with Crippen LogP contribution < -0.4 is 10.5 Å². The number of nitrogens with one attached hydrogen (secondary N) is 1. The maximum atomic E-state index is 12.0. The molecule has 0 atom stereocenters. The van der Waals surface area contributed by atoms with Crippen molar-refractivity contribution in [1.29, 1.82) is 0 Å². The van der Waals surface area contributed by atoms with Gasteiger partial charge in [-0.1, -0.05) is 0 Å². The van der Waals surface area contributed by atoms with Gasteiger partial charge in [-0.15, -0.1) is 12.4 Å². The lowest BCUT2D eigenvalue weighted by atomic mass is 10.4. The van der Waals surface area contributed by atoms with Crippen molar-refractivity contribution in [2.24, 2.45) is 5.73 Å². The van der Waals surface area contributed by atoms with E-state index in [9.17, 15) is 17.2 Å². The van der Waals surface area contributed by atoms with Crippen LogP contribution in [0.3, 0.4) is 0 Å². The van der Waals surface area contributed by atoms with Gasteiger partial charge in [0.05, 0.1) is 6.20 Å². The second-order valence-electron chi connectivity index (χ2n) is 3.33. The molecule has 3 N–H and O–H groups in total. The van der Waals surface area contributed by atoms with Crippen LogP contribution in [-0.2, 0) is 16.6 Å². The fourth-order valence-electron chi connectivity index (χ4n) is 1.12. The van der Waals surface area contributed by atoms with Crippen LogP contribution in [0.1, 0.15) is 6.42 Å². The van der Waals surface area contributed by atoms with E-state index >= 15 is 0 Å². The molecule has 0 saturated carbocycles. The molecule has 0 unspecified atom stereocenters. The summed E-state index contributed by atoms with van der Waals surface area (Å²) in [5.74, 6) is 0. The Morgan fingerprint density at radius 2 is 2.17 bits per heavy atom. The largest absolute Gasteiger partial charge is 0.330 e. The van der Waals surface area contributed by atoms with E-state index in [1.54, 1.807) is 0 Å². The molecule has 0 radical (unpaired) electrons. The van der Waals surface area contributed by atoms with Crippen molar-refractivity contribution >= 4 is 22.4 Å². The standard InChI is InChI=1S/C8H14F2N4O2S.ClH/c9-8(10)6-14-5-7(4-12-14)17(15,16)13-3-1-2-11;/h4-5,8,13H,1-3,6,11H2;1H. The van der Waals surface area contributed by atoms with Gasteiger partial charge in [0.2, 0.25) is 10.0 Å². The summed E-state index contributed by atoms with van der Waals surface area (Å²) in [4.78, 5) is -0.129. The number of alkyl halides is 2. The number of aromatic nitrogens is 2. The van der Waals surface area contributed by atoms with Crippen molar-refractivity contribution < 1.29 is 17.2 Å². The Hall–Kier alpha value is -0.770. The van der Waals surface area contributed by atoms with Crippen molar-refractivity contribution in [3.8, 4) is 0 Å². The molecule has 0 aliphatic heterocycles. The minimum Gasteiger partial charge on any atom is -0.330 e. The Labute approximate surface area is 110 Å². The van der Waals surface area contributed by atoms with Crippen molar-refractivity contribution in [2.45, 2.75) is 24.3 Å². The summed E-state index contributed by atoms with van der Waals surface area (Å²) in [6.45, 7) is -0.0512. The fourth-order valence-corrected chi connectivity index (χ4v) is 2.14. The molecule has 106 valence electrons. The second-order valence-corrected chi connectivity index (χ2v) is 5.10. The minimum atomic E-state index is -3.68. The molecule has 18 heavy (non-hydrogen) atoms. The van der Waals surface area contributed by atoms with Crippen LogP contribution in [0.4, 0.5) is 8.78 Å². The lowest BCUT2D eigenvalue weighted by Crippen LogP contribution is -2.26. The third kappa shape index (κ3) is 5.25. The maximum absolute atomic E-state index is 12.0. The Morgan fingerprint density at radius 3 is 2.72 bits per heavy atom. The van der Waals surface area contributed by atoms with Crippen LogP contribution in [-0.4, -0.2) is 37.7 Å². The summed E-state index contributed by atoms with van der Waals surface area (Å²) in [5.41, 5.74) is 5.22. The molecule has 0 aliphatic rings. The zero-order valence-electron chi connectivity index (χ0n) is 9.42. The summed E-state index contributed by atoms with van der Waals surface area (Å²) in [5, 5.41) is 3.54. The molecule has 0 amide bonds. The SMILES string of the molecule is Cl.NCCCNS(=O)(=O)c1cnn(CC(F)F)c1. The number of nitrogens with zero attached hydrogens (tertiary/aromatic N) is 2. The molecular weight excluding hydrogens is 290 g/mol. The first kappa shape index (κ1) is 17.2. The van der Waals surface area contributed by atoms with Gasteiger partial charge < -0.3 is 5.73 Å². The summed E-state index contributed by atoms with van der Waals surface area (Å²) in [6, 6.07) is 0. The van der Waals surface area contributed by atoms with E-state index in [1.807, 2.05) is 0 Å². The first-order chi connectivity index (χ1) is 7.95. The molecule has 6 nitrogen and oxygen atoms in total. The first-order valence-electron chi connectivity index (χ1n) is 4.96. The predicted octanol–water partition coefficient (Wildman–Crippen LogP) is 0.197. The Kier molecular flexibility index (Phi) is 7.29. The van der Waals surface area contributed by atoms with Gasteiger partial charge >= 0.3 is 0 Å². The smallest absolute Gasteiger partial charge is 0.257 e. The fraction of sp³-hybridized carbons (Fsp3) is 0.625. The van der Waals surface area contributed by atoms with Crippen LogP contribution >= 0.6 is 12.4 Å². The maximum Gasteiger partial charge on any atom is 0.257 e. The van der Waals surface area contributed by atoms with Crippen molar-refractivity contribution in [3.05, 3.63) is 12.4 Å². The monoisotopic (exact) mass is 304 g/mol. The highest BCUT2D eigenvalue weighted by atomic mass is 35.5. The van der Waals surface area contributed by atoms with Gasteiger partial charge in [0.25, 0.3) is 6.43 Å². The van der Waals surface area contributed by atoms with Crippen molar-refractivity contribution in [3.63, 3.8) is 0 Å². The predicted molar refractivity (Wildman–Crippen MR) is 64.3 cm³/mol. The Bertz CT molecular complexity index is 452. The number of hydrogen-bond acceptors (Lipinski definition) is 4. The Morgan fingerprint density at radius 1 is 1.50 bits per heavy atom. The topological polar surface area (TPSA) is 90.0 Å². The number of nitrogens with two attached hydrogens (primary N) is 1. The molecule has 0 spiro atoms. The van der Waals surface area contributed by atoms with Crippen molar-refractivity contribution in [1.82, 2.24) is 14.5 Å². The van der Waals surface area contributed by atoms with Crippen LogP contribution in [0.5, 0.6) is 0 Å². The Balaban J connectivity index is 0.00000289. The van der Waals surface area contributed by atoms with Crippen LogP contribution in [0.25, 0.3) is 0 Å². The third-order valence-corrected chi connectivity index (χ3v) is 3.33. The van der Waals surface area contributed by atoms with Gasteiger partial charge in [0, 0.05) is 12.7 Å².